The van der Waals surface area contributed by atoms with Crippen LogP contribution in [0.2, 0.25) is 0 Å². The highest BCUT2D eigenvalue weighted by molar-refractivity contribution is 7.12. The maximum Gasteiger partial charge on any atom is 0.110 e. The Morgan fingerprint density at radius 3 is 2.38 bits per heavy atom. The second kappa shape index (κ2) is 5.26. The molecular weight excluding hydrogens is 236 g/mol. The lowest BCUT2D eigenvalue weighted by Crippen LogP contribution is -2.10. The molecule has 0 aliphatic heterocycles. The van der Waals surface area contributed by atoms with Crippen molar-refractivity contribution in [2.75, 3.05) is 0 Å². The summed E-state index contributed by atoms with van der Waals surface area (Å²) in [5, 5.41) is 12.1. The maximum absolute atomic E-state index is 8.70. The standard InChI is InChI=1S/C12H12N2S2/c1-9-2-3-11(15-9)7-14-8-12-5-4-10(6-13)16-12/h2-5,14H,7-8H2,1H3. The zero-order valence-corrected chi connectivity index (χ0v) is 10.6. The predicted octanol–water partition coefficient (Wildman–Crippen LogP) is 3.28. The third kappa shape index (κ3) is 2.92. The fourth-order valence-electron chi connectivity index (χ4n) is 1.42. The first kappa shape index (κ1) is 11.3. The average molecular weight is 248 g/mol. The molecule has 2 aromatic rings. The topological polar surface area (TPSA) is 35.8 Å². The summed E-state index contributed by atoms with van der Waals surface area (Å²) in [4.78, 5) is 4.70. The normalized spacial score (nSPS) is 10.2. The van der Waals surface area contributed by atoms with Gasteiger partial charge >= 0.3 is 0 Å². The van der Waals surface area contributed by atoms with Gasteiger partial charge in [-0.05, 0) is 31.2 Å². The number of nitriles is 1. The Hall–Kier alpha value is -1.15. The molecule has 0 atom stereocenters. The molecule has 2 rings (SSSR count). The Labute approximate surface area is 103 Å². The lowest BCUT2D eigenvalue weighted by Gasteiger charge is -1.99. The lowest BCUT2D eigenvalue weighted by atomic mass is 10.4. The van der Waals surface area contributed by atoms with Gasteiger partial charge in [-0.25, -0.2) is 0 Å². The van der Waals surface area contributed by atoms with Crippen LogP contribution >= 0.6 is 22.7 Å². The summed E-state index contributed by atoms with van der Waals surface area (Å²) in [6, 6.07) is 10.3. The van der Waals surface area contributed by atoms with Crippen LogP contribution in [0.25, 0.3) is 0 Å². The van der Waals surface area contributed by atoms with Crippen LogP contribution in [0.15, 0.2) is 24.3 Å². The van der Waals surface area contributed by atoms with Gasteiger partial charge in [0.1, 0.15) is 10.9 Å². The van der Waals surface area contributed by atoms with Gasteiger partial charge in [0.15, 0.2) is 0 Å². The monoisotopic (exact) mass is 248 g/mol. The minimum absolute atomic E-state index is 0.781. The molecule has 16 heavy (non-hydrogen) atoms. The van der Waals surface area contributed by atoms with E-state index in [0.29, 0.717) is 0 Å². The van der Waals surface area contributed by atoms with E-state index in [4.69, 9.17) is 5.26 Å². The molecule has 2 heterocycles. The number of thiophene rings is 2. The molecule has 0 saturated carbocycles. The quantitative estimate of drug-likeness (QED) is 0.901. The van der Waals surface area contributed by atoms with Crippen LogP contribution in [0.3, 0.4) is 0 Å². The summed E-state index contributed by atoms with van der Waals surface area (Å²) in [5.41, 5.74) is 0. The van der Waals surface area contributed by atoms with Gasteiger partial charge in [-0.15, -0.1) is 22.7 Å². The number of aryl methyl sites for hydroxylation is 1. The average Bonchev–Trinajstić information content (AvgIpc) is 2.88. The second-order valence-electron chi connectivity index (χ2n) is 3.49. The molecule has 0 saturated heterocycles. The third-order valence-corrected chi connectivity index (χ3v) is 4.16. The number of nitrogens with zero attached hydrogens (tertiary/aromatic N) is 1. The van der Waals surface area contributed by atoms with Crippen molar-refractivity contribution in [3.63, 3.8) is 0 Å². The van der Waals surface area contributed by atoms with Gasteiger partial charge < -0.3 is 5.32 Å². The summed E-state index contributed by atoms with van der Waals surface area (Å²) in [6.07, 6.45) is 0. The Morgan fingerprint density at radius 2 is 1.81 bits per heavy atom. The number of hydrogen-bond donors (Lipinski definition) is 1. The van der Waals surface area contributed by atoms with Crippen molar-refractivity contribution >= 4 is 22.7 Å². The van der Waals surface area contributed by atoms with E-state index in [1.165, 1.54) is 14.6 Å². The summed E-state index contributed by atoms with van der Waals surface area (Å²) in [7, 11) is 0. The fourth-order valence-corrected chi connectivity index (χ4v) is 3.06. The van der Waals surface area contributed by atoms with Gasteiger partial charge in [0.05, 0.1) is 0 Å². The van der Waals surface area contributed by atoms with Crippen LogP contribution in [0.1, 0.15) is 19.5 Å². The van der Waals surface area contributed by atoms with Crippen LogP contribution in [-0.4, -0.2) is 0 Å². The van der Waals surface area contributed by atoms with Crippen molar-refractivity contribution in [1.82, 2.24) is 5.32 Å². The SMILES string of the molecule is Cc1ccc(CNCc2ccc(C#N)s2)s1. The molecule has 82 valence electrons. The van der Waals surface area contributed by atoms with E-state index in [1.54, 1.807) is 11.3 Å². The minimum atomic E-state index is 0.781. The van der Waals surface area contributed by atoms with Gasteiger partial charge in [-0.1, -0.05) is 0 Å². The molecule has 0 aliphatic carbocycles. The summed E-state index contributed by atoms with van der Waals surface area (Å²) in [6.45, 7) is 3.86. The number of hydrogen-bond acceptors (Lipinski definition) is 4. The van der Waals surface area contributed by atoms with Gasteiger partial charge in [-0.2, -0.15) is 5.26 Å². The van der Waals surface area contributed by atoms with Crippen molar-refractivity contribution in [2.24, 2.45) is 0 Å². The molecule has 0 bridgehead atoms. The first-order valence-electron chi connectivity index (χ1n) is 5.03. The molecule has 2 nitrogen and oxygen atoms in total. The Bertz CT molecular complexity index is 505. The van der Waals surface area contributed by atoms with Gasteiger partial charge in [0, 0.05) is 27.7 Å². The smallest absolute Gasteiger partial charge is 0.110 e. The number of rotatable bonds is 4. The zero-order valence-electron chi connectivity index (χ0n) is 8.99. The molecule has 0 aromatic carbocycles. The summed E-state index contributed by atoms with van der Waals surface area (Å²) in [5.74, 6) is 0. The van der Waals surface area contributed by atoms with Crippen molar-refractivity contribution in [1.29, 1.82) is 5.26 Å². The van der Waals surface area contributed by atoms with Crippen molar-refractivity contribution < 1.29 is 0 Å². The Kier molecular flexibility index (Phi) is 3.73. The van der Waals surface area contributed by atoms with E-state index in [0.717, 1.165) is 18.0 Å². The van der Waals surface area contributed by atoms with Crippen LogP contribution in [0, 0.1) is 18.3 Å². The highest BCUT2D eigenvalue weighted by Gasteiger charge is 2.00. The molecular formula is C12H12N2S2. The molecule has 0 fully saturated rings. The van der Waals surface area contributed by atoms with Crippen molar-refractivity contribution in [3.8, 4) is 6.07 Å². The Morgan fingerprint density at radius 1 is 1.12 bits per heavy atom. The summed E-state index contributed by atoms with van der Waals surface area (Å²) >= 11 is 3.37. The molecule has 4 heteroatoms. The first-order valence-corrected chi connectivity index (χ1v) is 6.66. The molecule has 2 aromatic heterocycles. The van der Waals surface area contributed by atoms with E-state index >= 15 is 0 Å². The third-order valence-electron chi connectivity index (χ3n) is 2.17. The van der Waals surface area contributed by atoms with E-state index in [9.17, 15) is 0 Å². The molecule has 0 unspecified atom stereocenters. The molecule has 0 radical (unpaired) electrons. The lowest BCUT2D eigenvalue weighted by molar-refractivity contribution is 0.709. The molecule has 0 amide bonds. The van der Waals surface area contributed by atoms with Gasteiger partial charge in [0.25, 0.3) is 0 Å². The largest absolute Gasteiger partial charge is 0.307 e. The van der Waals surface area contributed by atoms with E-state index in [-0.39, 0.29) is 0 Å². The fraction of sp³-hybridized carbons (Fsp3) is 0.250. The zero-order chi connectivity index (χ0) is 11.4. The van der Waals surface area contributed by atoms with Gasteiger partial charge in [0.2, 0.25) is 0 Å². The highest BCUT2D eigenvalue weighted by Crippen LogP contribution is 2.17. The highest BCUT2D eigenvalue weighted by atomic mass is 32.1. The molecule has 0 spiro atoms. The van der Waals surface area contributed by atoms with Crippen LogP contribution < -0.4 is 5.32 Å². The van der Waals surface area contributed by atoms with Crippen LogP contribution in [0.5, 0.6) is 0 Å². The minimum Gasteiger partial charge on any atom is -0.307 e. The molecule has 1 N–H and O–H groups in total. The van der Waals surface area contributed by atoms with E-state index in [2.05, 4.69) is 30.4 Å². The van der Waals surface area contributed by atoms with Crippen LogP contribution in [0.4, 0.5) is 0 Å². The maximum atomic E-state index is 8.70. The van der Waals surface area contributed by atoms with Crippen LogP contribution in [-0.2, 0) is 13.1 Å². The second-order valence-corrected chi connectivity index (χ2v) is 6.03. The first-order chi connectivity index (χ1) is 7.78. The van der Waals surface area contributed by atoms with Crippen molar-refractivity contribution in [2.45, 2.75) is 20.0 Å². The summed E-state index contributed by atoms with van der Waals surface area (Å²) < 4.78 is 0. The predicted molar refractivity (Wildman–Crippen MR) is 68.6 cm³/mol. The Balaban J connectivity index is 1.82. The molecule has 0 aliphatic rings. The van der Waals surface area contributed by atoms with Crippen molar-refractivity contribution in [3.05, 3.63) is 43.8 Å². The number of nitrogens with one attached hydrogen (secondary N) is 1. The van der Waals surface area contributed by atoms with E-state index in [1.807, 2.05) is 23.5 Å². The van der Waals surface area contributed by atoms with E-state index < -0.39 is 0 Å². The van der Waals surface area contributed by atoms with Gasteiger partial charge in [-0.3, -0.25) is 0 Å².